The van der Waals surface area contributed by atoms with Crippen molar-refractivity contribution in [3.05, 3.63) is 88.9 Å². The van der Waals surface area contributed by atoms with Crippen molar-refractivity contribution in [2.45, 2.75) is 13.3 Å². The number of carbonyl (C=O) groups excluding carboxylic acids is 3. The van der Waals surface area contributed by atoms with E-state index in [1.54, 1.807) is 49.4 Å². The van der Waals surface area contributed by atoms with Crippen LogP contribution in [0, 0.1) is 0 Å². The minimum absolute atomic E-state index is 0.101. The SMILES string of the molecule is CCOC(=O)Oc1ccc(C(=O)Nc2ccccc2NC(=O)Cc2ccccc2Cl)cc1. The highest BCUT2D eigenvalue weighted by Gasteiger charge is 2.13. The van der Waals surface area contributed by atoms with Gasteiger partial charge in [-0.1, -0.05) is 41.9 Å². The summed E-state index contributed by atoms with van der Waals surface area (Å²) in [4.78, 5) is 36.5. The molecule has 0 radical (unpaired) electrons. The second-order valence-corrected chi connectivity index (χ2v) is 7.03. The molecule has 0 spiro atoms. The lowest BCUT2D eigenvalue weighted by Crippen LogP contribution is -2.18. The number of rotatable bonds is 7. The van der Waals surface area contributed by atoms with Crippen molar-refractivity contribution in [3.63, 3.8) is 0 Å². The summed E-state index contributed by atoms with van der Waals surface area (Å²) < 4.78 is 9.69. The van der Waals surface area contributed by atoms with Crippen molar-refractivity contribution in [2.24, 2.45) is 0 Å². The zero-order valence-electron chi connectivity index (χ0n) is 17.3. The first-order valence-corrected chi connectivity index (χ1v) is 10.2. The second kappa shape index (κ2) is 11.0. The fourth-order valence-electron chi connectivity index (χ4n) is 2.82. The first-order chi connectivity index (χ1) is 15.5. The van der Waals surface area contributed by atoms with E-state index >= 15 is 0 Å². The second-order valence-electron chi connectivity index (χ2n) is 6.63. The Hall–Kier alpha value is -3.84. The van der Waals surface area contributed by atoms with Crippen LogP contribution in [0.2, 0.25) is 5.02 Å². The maximum absolute atomic E-state index is 12.7. The molecule has 3 aromatic rings. The first-order valence-electron chi connectivity index (χ1n) is 9.84. The first kappa shape index (κ1) is 22.8. The number of para-hydroxylation sites is 2. The Bertz CT molecular complexity index is 1120. The monoisotopic (exact) mass is 452 g/mol. The third-order valence-electron chi connectivity index (χ3n) is 4.34. The van der Waals surface area contributed by atoms with Gasteiger partial charge in [-0.25, -0.2) is 4.79 Å². The van der Waals surface area contributed by atoms with Gasteiger partial charge >= 0.3 is 6.16 Å². The third kappa shape index (κ3) is 6.33. The van der Waals surface area contributed by atoms with E-state index in [-0.39, 0.29) is 30.6 Å². The molecule has 2 N–H and O–H groups in total. The van der Waals surface area contributed by atoms with Crippen LogP contribution in [0.3, 0.4) is 0 Å². The zero-order valence-corrected chi connectivity index (χ0v) is 18.0. The minimum Gasteiger partial charge on any atom is -0.434 e. The van der Waals surface area contributed by atoms with Gasteiger partial charge in [0.15, 0.2) is 0 Å². The number of anilines is 2. The van der Waals surface area contributed by atoms with Crippen molar-refractivity contribution in [2.75, 3.05) is 17.2 Å². The zero-order chi connectivity index (χ0) is 22.9. The fourth-order valence-corrected chi connectivity index (χ4v) is 3.03. The lowest BCUT2D eigenvalue weighted by molar-refractivity contribution is -0.115. The summed E-state index contributed by atoms with van der Waals surface area (Å²) in [7, 11) is 0. The molecule has 0 unspecified atom stereocenters. The molecule has 0 aliphatic carbocycles. The van der Waals surface area contributed by atoms with E-state index in [4.69, 9.17) is 21.1 Å². The van der Waals surface area contributed by atoms with Crippen molar-refractivity contribution >= 4 is 40.9 Å². The quantitative estimate of drug-likeness (QED) is 0.374. The van der Waals surface area contributed by atoms with Crippen LogP contribution in [0.5, 0.6) is 5.75 Å². The Morgan fingerprint density at radius 3 is 2.12 bits per heavy atom. The van der Waals surface area contributed by atoms with Crippen molar-refractivity contribution < 1.29 is 23.9 Å². The summed E-state index contributed by atoms with van der Waals surface area (Å²) in [6.07, 6.45) is -0.713. The van der Waals surface area contributed by atoms with E-state index in [2.05, 4.69) is 10.6 Å². The van der Waals surface area contributed by atoms with E-state index < -0.39 is 6.16 Å². The average molecular weight is 453 g/mol. The van der Waals surface area contributed by atoms with Gasteiger partial charge in [0.1, 0.15) is 5.75 Å². The molecule has 164 valence electrons. The molecule has 0 aliphatic heterocycles. The molecule has 0 bridgehead atoms. The lowest BCUT2D eigenvalue weighted by atomic mass is 10.1. The van der Waals surface area contributed by atoms with Gasteiger partial charge in [-0.3, -0.25) is 9.59 Å². The number of benzene rings is 3. The summed E-state index contributed by atoms with van der Waals surface area (Å²) >= 11 is 6.12. The largest absolute Gasteiger partial charge is 0.513 e. The van der Waals surface area contributed by atoms with Crippen molar-refractivity contribution in [1.82, 2.24) is 0 Å². The molecule has 0 atom stereocenters. The summed E-state index contributed by atoms with van der Waals surface area (Å²) in [6.45, 7) is 1.87. The Morgan fingerprint density at radius 2 is 1.47 bits per heavy atom. The number of halogens is 1. The van der Waals surface area contributed by atoms with Gasteiger partial charge in [0, 0.05) is 10.6 Å². The highest BCUT2D eigenvalue weighted by atomic mass is 35.5. The predicted octanol–water partition coefficient (Wildman–Crippen LogP) is 5.31. The maximum atomic E-state index is 12.7. The molecule has 32 heavy (non-hydrogen) atoms. The molecule has 0 saturated carbocycles. The van der Waals surface area contributed by atoms with E-state index in [1.165, 1.54) is 24.3 Å². The van der Waals surface area contributed by atoms with Crippen molar-refractivity contribution in [1.29, 1.82) is 0 Å². The van der Waals surface area contributed by atoms with Crippen LogP contribution >= 0.6 is 11.6 Å². The number of ether oxygens (including phenoxy) is 2. The molecule has 0 saturated heterocycles. The molecule has 0 aliphatic rings. The molecule has 0 aromatic heterocycles. The maximum Gasteiger partial charge on any atom is 0.513 e. The molecular weight excluding hydrogens is 432 g/mol. The van der Waals surface area contributed by atoms with Crippen LogP contribution in [0.15, 0.2) is 72.8 Å². The highest BCUT2D eigenvalue weighted by molar-refractivity contribution is 6.31. The lowest BCUT2D eigenvalue weighted by Gasteiger charge is -2.13. The molecule has 3 rings (SSSR count). The van der Waals surface area contributed by atoms with Crippen LogP contribution in [-0.4, -0.2) is 24.6 Å². The molecular formula is C24H21ClN2O5. The van der Waals surface area contributed by atoms with Gasteiger partial charge in [-0.05, 0) is 55.0 Å². The van der Waals surface area contributed by atoms with Crippen LogP contribution in [0.1, 0.15) is 22.8 Å². The number of amides is 2. The number of nitrogens with one attached hydrogen (secondary N) is 2. The van der Waals surface area contributed by atoms with Crippen LogP contribution < -0.4 is 15.4 Å². The highest BCUT2D eigenvalue weighted by Crippen LogP contribution is 2.23. The standard InChI is InChI=1S/C24H21ClN2O5/c1-2-31-24(30)32-18-13-11-16(12-14-18)23(29)27-21-10-6-5-9-20(21)26-22(28)15-17-7-3-4-8-19(17)25/h3-14H,2,15H2,1H3,(H,26,28)(H,27,29). The van der Waals surface area contributed by atoms with Gasteiger partial charge in [0.25, 0.3) is 5.91 Å². The van der Waals surface area contributed by atoms with Gasteiger partial charge in [-0.15, -0.1) is 0 Å². The predicted molar refractivity (Wildman–Crippen MR) is 122 cm³/mol. The number of hydrogen-bond donors (Lipinski definition) is 2. The van der Waals surface area contributed by atoms with E-state index in [0.29, 0.717) is 27.5 Å². The van der Waals surface area contributed by atoms with Gasteiger partial charge in [0.05, 0.1) is 24.4 Å². The minimum atomic E-state index is -0.814. The van der Waals surface area contributed by atoms with E-state index in [1.807, 2.05) is 6.07 Å². The molecule has 7 nitrogen and oxygen atoms in total. The summed E-state index contributed by atoms with van der Waals surface area (Å²) in [5.41, 5.74) is 1.95. The Kier molecular flexibility index (Phi) is 7.83. The number of carbonyl (C=O) groups is 3. The van der Waals surface area contributed by atoms with E-state index in [0.717, 1.165) is 0 Å². The average Bonchev–Trinajstić information content (AvgIpc) is 2.77. The molecule has 0 heterocycles. The van der Waals surface area contributed by atoms with Gasteiger partial charge in [0.2, 0.25) is 5.91 Å². The third-order valence-corrected chi connectivity index (χ3v) is 4.71. The van der Waals surface area contributed by atoms with Crippen molar-refractivity contribution in [3.8, 4) is 5.75 Å². The fraction of sp³-hybridized carbons (Fsp3) is 0.125. The normalized spacial score (nSPS) is 10.2. The summed E-state index contributed by atoms with van der Waals surface area (Å²) in [5.74, 6) is -0.395. The Balaban J connectivity index is 1.65. The summed E-state index contributed by atoms with van der Waals surface area (Å²) in [6, 6.07) is 20.0. The molecule has 2 amide bonds. The van der Waals surface area contributed by atoms with Crippen LogP contribution in [-0.2, 0) is 16.0 Å². The molecule has 0 fully saturated rings. The smallest absolute Gasteiger partial charge is 0.434 e. The molecule has 3 aromatic carbocycles. The molecule has 8 heteroatoms. The van der Waals surface area contributed by atoms with Gasteiger partial charge in [-0.2, -0.15) is 0 Å². The van der Waals surface area contributed by atoms with Gasteiger partial charge < -0.3 is 20.1 Å². The van der Waals surface area contributed by atoms with Crippen LogP contribution in [0.25, 0.3) is 0 Å². The van der Waals surface area contributed by atoms with Crippen LogP contribution in [0.4, 0.5) is 16.2 Å². The topological polar surface area (TPSA) is 93.7 Å². The Morgan fingerprint density at radius 1 is 0.844 bits per heavy atom. The number of hydrogen-bond acceptors (Lipinski definition) is 5. The van der Waals surface area contributed by atoms with E-state index in [9.17, 15) is 14.4 Å². The summed E-state index contributed by atoms with van der Waals surface area (Å²) in [5, 5.41) is 6.09. The Labute approximate surface area is 190 Å².